The minimum absolute atomic E-state index is 0.0209. The second kappa shape index (κ2) is 16.5. The molecular formula is C37H33FN4O4S2. The molecule has 0 saturated carbocycles. The molecule has 5 rings (SSSR count). The van der Waals surface area contributed by atoms with Gasteiger partial charge < -0.3 is 20.7 Å². The van der Waals surface area contributed by atoms with Gasteiger partial charge in [-0.3, -0.25) is 14.4 Å². The van der Waals surface area contributed by atoms with E-state index in [1.807, 2.05) is 49.6 Å². The summed E-state index contributed by atoms with van der Waals surface area (Å²) >= 11 is 2.72. The van der Waals surface area contributed by atoms with E-state index in [0.29, 0.717) is 35.0 Å². The summed E-state index contributed by atoms with van der Waals surface area (Å²) in [5.74, 6) is -0.847. The first-order valence-electron chi connectivity index (χ1n) is 15.2. The van der Waals surface area contributed by atoms with Crippen molar-refractivity contribution in [1.29, 1.82) is 0 Å². The zero-order valence-corrected chi connectivity index (χ0v) is 27.9. The van der Waals surface area contributed by atoms with Crippen molar-refractivity contribution in [1.82, 2.24) is 10.3 Å². The first-order chi connectivity index (χ1) is 23.3. The van der Waals surface area contributed by atoms with Gasteiger partial charge in [0.2, 0.25) is 5.91 Å². The van der Waals surface area contributed by atoms with Crippen LogP contribution >= 0.6 is 23.1 Å². The highest BCUT2D eigenvalue weighted by molar-refractivity contribution is 8.00. The maximum absolute atomic E-state index is 13.5. The molecule has 244 valence electrons. The molecule has 1 aromatic heterocycles. The number of benzene rings is 4. The number of amides is 3. The van der Waals surface area contributed by atoms with Crippen LogP contribution in [0.5, 0.6) is 5.75 Å². The summed E-state index contributed by atoms with van der Waals surface area (Å²) in [7, 11) is 0. The molecule has 0 fully saturated rings. The first-order valence-corrected chi connectivity index (χ1v) is 17.0. The van der Waals surface area contributed by atoms with Crippen molar-refractivity contribution in [2.75, 3.05) is 17.2 Å². The van der Waals surface area contributed by atoms with Crippen molar-refractivity contribution in [2.45, 2.75) is 30.4 Å². The fourth-order valence-corrected chi connectivity index (χ4v) is 6.27. The van der Waals surface area contributed by atoms with E-state index in [-0.39, 0.29) is 11.6 Å². The number of nitrogens with zero attached hydrogens (tertiary/aromatic N) is 1. The molecule has 0 aliphatic carbocycles. The van der Waals surface area contributed by atoms with Crippen LogP contribution in [0, 0.1) is 5.82 Å². The molecule has 0 bridgehead atoms. The zero-order valence-electron chi connectivity index (χ0n) is 26.2. The van der Waals surface area contributed by atoms with Gasteiger partial charge in [-0.25, -0.2) is 9.37 Å². The SMILES string of the molecule is CCOc1ccc(-c2csc(NC(=O)C(CC)Sc3cccc(NC(=O)/C(=C/c4ccc(F)cc4)NC(=O)c4ccccc4)c3)n2)cc1. The third kappa shape index (κ3) is 9.40. The van der Waals surface area contributed by atoms with Crippen LogP contribution in [0.25, 0.3) is 17.3 Å². The summed E-state index contributed by atoms with van der Waals surface area (Å²) in [4.78, 5) is 45.0. The average Bonchev–Trinajstić information content (AvgIpc) is 3.57. The highest BCUT2D eigenvalue weighted by atomic mass is 32.2. The summed E-state index contributed by atoms with van der Waals surface area (Å²) in [6, 6.07) is 28.8. The van der Waals surface area contributed by atoms with Crippen LogP contribution in [0.2, 0.25) is 0 Å². The second-order valence-corrected chi connectivity index (χ2v) is 12.5. The number of aromatic nitrogens is 1. The summed E-state index contributed by atoms with van der Waals surface area (Å²) < 4.78 is 19.0. The highest BCUT2D eigenvalue weighted by Gasteiger charge is 2.21. The molecule has 0 aliphatic heterocycles. The fraction of sp³-hybridized carbons (Fsp3) is 0.135. The van der Waals surface area contributed by atoms with E-state index >= 15 is 0 Å². The molecule has 3 amide bonds. The van der Waals surface area contributed by atoms with E-state index in [4.69, 9.17) is 4.74 Å². The van der Waals surface area contributed by atoms with Crippen LogP contribution in [-0.4, -0.2) is 34.6 Å². The molecule has 3 N–H and O–H groups in total. The van der Waals surface area contributed by atoms with E-state index in [1.54, 1.807) is 48.5 Å². The van der Waals surface area contributed by atoms with Gasteiger partial charge >= 0.3 is 0 Å². The monoisotopic (exact) mass is 680 g/mol. The lowest BCUT2D eigenvalue weighted by Gasteiger charge is -2.15. The summed E-state index contributed by atoms with van der Waals surface area (Å²) in [6.07, 6.45) is 2.03. The Morgan fingerprint density at radius 2 is 1.67 bits per heavy atom. The van der Waals surface area contributed by atoms with Gasteiger partial charge in [0.25, 0.3) is 11.8 Å². The predicted octanol–water partition coefficient (Wildman–Crippen LogP) is 8.27. The van der Waals surface area contributed by atoms with Gasteiger partial charge in [0.15, 0.2) is 5.13 Å². The molecule has 5 aromatic rings. The molecule has 0 saturated heterocycles. The van der Waals surface area contributed by atoms with Crippen LogP contribution in [0.15, 0.2) is 119 Å². The van der Waals surface area contributed by atoms with Crippen molar-refractivity contribution in [3.05, 3.63) is 131 Å². The average molecular weight is 681 g/mol. The maximum Gasteiger partial charge on any atom is 0.272 e. The molecule has 0 radical (unpaired) electrons. The third-order valence-electron chi connectivity index (χ3n) is 6.94. The highest BCUT2D eigenvalue weighted by Crippen LogP contribution is 2.31. The Kier molecular flexibility index (Phi) is 11.7. The minimum atomic E-state index is -0.567. The van der Waals surface area contributed by atoms with Crippen molar-refractivity contribution < 1.29 is 23.5 Å². The Bertz CT molecular complexity index is 1900. The lowest BCUT2D eigenvalue weighted by Crippen LogP contribution is -2.30. The van der Waals surface area contributed by atoms with Gasteiger partial charge in [-0.05, 0) is 91.7 Å². The van der Waals surface area contributed by atoms with E-state index in [1.165, 1.54) is 53.4 Å². The second-order valence-electron chi connectivity index (χ2n) is 10.4. The van der Waals surface area contributed by atoms with Gasteiger partial charge in [0, 0.05) is 27.1 Å². The number of thioether (sulfide) groups is 1. The van der Waals surface area contributed by atoms with Gasteiger partial charge in [-0.15, -0.1) is 23.1 Å². The standard InChI is InChI=1S/C37H33FN4O4S2/c1-3-33(36(45)42-37-41-32(23-47-37)25-15-19-29(20-16-25)46-4-2)48-30-12-8-11-28(22-30)39-35(44)31(21-24-13-17-27(38)18-14-24)40-34(43)26-9-6-5-7-10-26/h5-23,33H,3-4H2,1-2H3,(H,39,44)(H,40,43)(H,41,42,45)/b31-21-. The molecule has 8 nitrogen and oxygen atoms in total. The first kappa shape index (κ1) is 34.1. The van der Waals surface area contributed by atoms with Gasteiger partial charge in [0.05, 0.1) is 17.6 Å². The number of thiazole rings is 1. The molecule has 11 heteroatoms. The Morgan fingerprint density at radius 3 is 2.38 bits per heavy atom. The Balaban J connectivity index is 1.25. The molecule has 0 aliphatic rings. The summed E-state index contributed by atoms with van der Waals surface area (Å²) in [5.41, 5.74) is 3.04. The largest absolute Gasteiger partial charge is 0.494 e. The minimum Gasteiger partial charge on any atom is -0.494 e. The predicted molar refractivity (Wildman–Crippen MR) is 191 cm³/mol. The number of rotatable bonds is 13. The molecule has 4 aromatic carbocycles. The van der Waals surface area contributed by atoms with Crippen molar-refractivity contribution in [3.63, 3.8) is 0 Å². The number of halogens is 1. The van der Waals surface area contributed by atoms with E-state index < -0.39 is 22.9 Å². The lowest BCUT2D eigenvalue weighted by atomic mass is 10.1. The number of ether oxygens (including phenoxy) is 1. The number of carbonyl (C=O) groups is 3. The van der Waals surface area contributed by atoms with Crippen LogP contribution in [0.4, 0.5) is 15.2 Å². The Morgan fingerprint density at radius 1 is 0.917 bits per heavy atom. The van der Waals surface area contributed by atoms with Crippen molar-refractivity contribution in [3.8, 4) is 17.0 Å². The molecule has 1 heterocycles. The summed E-state index contributed by atoms with van der Waals surface area (Å²) in [6.45, 7) is 4.45. The number of nitrogens with one attached hydrogen (secondary N) is 3. The van der Waals surface area contributed by atoms with Crippen molar-refractivity contribution >= 4 is 57.7 Å². The van der Waals surface area contributed by atoms with Crippen LogP contribution in [-0.2, 0) is 9.59 Å². The fourth-order valence-electron chi connectivity index (χ4n) is 4.54. The number of carbonyl (C=O) groups excluding carboxylic acids is 3. The van der Waals surface area contributed by atoms with Crippen molar-refractivity contribution in [2.24, 2.45) is 0 Å². The quantitative estimate of drug-likeness (QED) is 0.0854. The zero-order chi connectivity index (χ0) is 33.9. The van der Waals surface area contributed by atoms with Crippen LogP contribution in [0.1, 0.15) is 36.2 Å². The molecule has 1 unspecified atom stereocenters. The Labute approximate surface area is 286 Å². The number of anilines is 2. The normalized spacial score (nSPS) is 11.8. The number of hydrogen-bond donors (Lipinski definition) is 3. The van der Waals surface area contributed by atoms with Crippen LogP contribution < -0.4 is 20.7 Å². The van der Waals surface area contributed by atoms with Crippen LogP contribution in [0.3, 0.4) is 0 Å². The molecular weight excluding hydrogens is 648 g/mol. The topological polar surface area (TPSA) is 109 Å². The molecule has 0 spiro atoms. The van der Waals surface area contributed by atoms with E-state index in [9.17, 15) is 18.8 Å². The third-order valence-corrected chi connectivity index (χ3v) is 9.05. The van der Waals surface area contributed by atoms with E-state index in [0.717, 1.165) is 21.9 Å². The molecule has 48 heavy (non-hydrogen) atoms. The smallest absolute Gasteiger partial charge is 0.272 e. The maximum atomic E-state index is 13.5. The van der Waals surface area contributed by atoms with Gasteiger partial charge in [-0.2, -0.15) is 0 Å². The Hall–Kier alpha value is -5.26. The van der Waals surface area contributed by atoms with Gasteiger partial charge in [0.1, 0.15) is 17.3 Å². The van der Waals surface area contributed by atoms with E-state index in [2.05, 4.69) is 20.9 Å². The molecule has 1 atom stereocenters. The van der Waals surface area contributed by atoms with Gasteiger partial charge in [-0.1, -0.05) is 43.3 Å². The lowest BCUT2D eigenvalue weighted by molar-refractivity contribution is -0.116. The summed E-state index contributed by atoms with van der Waals surface area (Å²) in [5, 5.41) is 10.4. The number of hydrogen-bond acceptors (Lipinski definition) is 7.